The molecule has 1 aliphatic rings. The highest BCUT2D eigenvalue weighted by Gasteiger charge is 2.40. The number of aryl methyl sites for hydroxylation is 2. The Kier molecular flexibility index (Phi) is 11.6. The maximum atomic E-state index is 11.6. The van der Waals surface area contributed by atoms with E-state index in [1.54, 1.807) is 0 Å². The molecule has 42 heavy (non-hydrogen) atoms. The zero-order valence-electron chi connectivity index (χ0n) is 28.8. The fourth-order valence-corrected chi connectivity index (χ4v) is 13.2. The standard InChI is InChI=1S/C36H60O2S2Si2/c1-25-19-27(33(37)31(21-25)41(9,10)35(3,4)5)23-39-29-17-15-13-14-16-18-30(29)40-24-28-20-26(2)22-32(34(28)38)42(11,12)36(6,7)8/h19-22,29-30,37-38H,13-18,23-24H2,1-12H3/t29-,30-/m0/s1. The molecule has 0 saturated heterocycles. The van der Waals surface area contributed by atoms with E-state index in [2.05, 4.69) is 129 Å². The number of rotatable bonds is 8. The fraction of sp³-hybridized carbons (Fsp3) is 0.667. The second-order valence-electron chi connectivity index (χ2n) is 16.1. The Bertz CT molecular complexity index is 1130. The molecular formula is C36H60O2S2Si2. The van der Waals surface area contributed by atoms with Gasteiger partial charge in [0.2, 0.25) is 0 Å². The first-order chi connectivity index (χ1) is 19.3. The topological polar surface area (TPSA) is 40.5 Å². The molecule has 0 spiro atoms. The molecule has 0 heterocycles. The predicted octanol–water partition coefficient (Wildman–Crippen LogP) is 10.4. The smallest absolute Gasteiger partial charge is 0.118 e. The van der Waals surface area contributed by atoms with Crippen molar-refractivity contribution < 1.29 is 10.2 Å². The van der Waals surface area contributed by atoms with Crippen LogP contribution in [0.15, 0.2) is 24.3 Å². The lowest BCUT2D eigenvalue weighted by Crippen LogP contribution is -2.49. The third-order valence-corrected chi connectivity index (χ3v) is 24.9. The monoisotopic (exact) mass is 644 g/mol. The lowest BCUT2D eigenvalue weighted by atomic mass is 10.00. The molecule has 0 bridgehead atoms. The van der Waals surface area contributed by atoms with Crippen molar-refractivity contribution in [2.24, 2.45) is 0 Å². The van der Waals surface area contributed by atoms with Gasteiger partial charge < -0.3 is 10.2 Å². The van der Waals surface area contributed by atoms with Crippen LogP contribution in [0.2, 0.25) is 36.3 Å². The van der Waals surface area contributed by atoms with Crippen molar-refractivity contribution in [1.82, 2.24) is 0 Å². The number of benzene rings is 2. The Morgan fingerprint density at radius 3 is 1.26 bits per heavy atom. The molecule has 2 N–H and O–H groups in total. The van der Waals surface area contributed by atoms with Crippen molar-refractivity contribution in [3.63, 3.8) is 0 Å². The molecule has 0 aliphatic heterocycles. The van der Waals surface area contributed by atoms with Gasteiger partial charge in [-0.25, -0.2) is 0 Å². The summed E-state index contributed by atoms with van der Waals surface area (Å²) in [5, 5.41) is 27.0. The number of thioether (sulfide) groups is 2. The third kappa shape index (κ3) is 8.06. The van der Waals surface area contributed by atoms with E-state index in [-0.39, 0.29) is 10.1 Å². The van der Waals surface area contributed by atoms with Gasteiger partial charge in [-0.15, -0.1) is 0 Å². The molecule has 6 heteroatoms. The summed E-state index contributed by atoms with van der Waals surface area (Å²) < 4.78 is 0. The molecule has 236 valence electrons. The Morgan fingerprint density at radius 1 is 0.619 bits per heavy atom. The van der Waals surface area contributed by atoms with Gasteiger partial charge in [0.1, 0.15) is 11.5 Å². The summed E-state index contributed by atoms with van der Waals surface area (Å²) in [6.45, 7) is 27.9. The minimum absolute atomic E-state index is 0.176. The van der Waals surface area contributed by atoms with Crippen LogP contribution >= 0.6 is 23.5 Å². The number of hydrogen-bond acceptors (Lipinski definition) is 4. The highest BCUT2D eigenvalue weighted by Crippen LogP contribution is 2.42. The molecule has 3 rings (SSSR count). The molecule has 0 unspecified atom stereocenters. The van der Waals surface area contributed by atoms with Crippen molar-refractivity contribution in [2.45, 2.75) is 152 Å². The van der Waals surface area contributed by atoms with E-state index in [0.29, 0.717) is 22.0 Å². The first kappa shape index (κ1) is 35.7. The Balaban J connectivity index is 1.85. The van der Waals surface area contributed by atoms with E-state index in [1.807, 2.05) is 0 Å². The van der Waals surface area contributed by atoms with Crippen LogP contribution in [0.1, 0.15) is 102 Å². The van der Waals surface area contributed by atoms with Crippen LogP contribution in [-0.4, -0.2) is 36.9 Å². The van der Waals surface area contributed by atoms with E-state index >= 15 is 0 Å². The first-order valence-corrected chi connectivity index (χ1v) is 24.3. The number of hydrogen-bond donors (Lipinski definition) is 2. The molecule has 2 atom stereocenters. The van der Waals surface area contributed by atoms with Gasteiger partial charge in [-0.05, 0) is 47.1 Å². The molecule has 2 nitrogen and oxygen atoms in total. The van der Waals surface area contributed by atoms with E-state index in [0.717, 1.165) is 22.6 Å². The number of phenolic OH excluding ortho intramolecular Hbond substituents is 2. The van der Waals surface area contributed by atoms with E-state index < -0.39 is 16.1 Å². The molecule has 1 fully saturated rings. The normalized spacial score (nSPS) is 19.4. The minimum Gasteiger partial charge on any atom is -0.508 e. The summed E-state index contributed by atoms with van der Waals surface area (Å²) >= 11 is 4.13. The summed E-state index contributed by atoms with van der Waals surface area (Å²) in [5.74, 6) is 2.83. The van der Waals surface area contributed by atoms with Crippen LogP contribution < -0.4 is 10.4 Å². The maximum absolute atomic E-state index is 11.6. The van der Waals surface area contributed by atoms with Gasteiger partial charge in [0, 0.05) is 33.1 Å². The lowest BCUT2D eigenvalue weighted by Gasteiger charge is -2.38. The van der Waals surface area contributed by atoms with Gasteiger partial charge in [0.05, 0.1) is 16.1 Å². The highest BCUT2D eigenvalue weighted by atomic mass is 32.2. The largest absolute Gasteiger partial charge is 0.508 e. The number of phenols is 2. The van der Waals surface area contributed by atoms with Gasteiger partial charge in [-0.3, -0.25) is 0 Å². The molecule has 1 saturated carbocycles. The molecule has 0 radical (unpaired) electrons. The van der Waals surface area contributed by atoms with Crippen LogP contribution in [0.25, 0.3) is 0 Å². The second kappa shape index (κ2) is 13.7. The Morgan fingerprint density at radius 2 is 0.952 bits per heavy atom. The summed E-state index contributed by atoms with van der Waals surface area (Å²) in [6.07, 6.45) is 7.70. The number of aromatic hydroxyl groups is 2. The quantitative estimate of drug-likeness (QED) is 0.281. The summed E-state index contributed by atoms with van der Waals surface area (Å²) in [5.41, 5.74) is 4.75. The first-order valence-electron chi connectivity index (χ1n) is 16.2. The molecule has 0 aromatic heterocycles. The Labute approximate surface area is 269 Å². The van der Waals surface area contributed by atoms with Crippen LogP contribution in [0.5, 0.6) is 11.5 Å². The molecule has 0 amide bonds. The molecular weight excluding hydrogens is 585 g/mol. The molecule has 2 aromatic carbocycles. The third-order valence-electron chi connectivity index (χ3n) is 10.8. The minimum atomic E-state index is -1.86. The fourth-order valence-electron chi connectivity index (χ4n) is 5.88. The average molecular weight is 645 g/mol. The average Bonchev–Trinajstić information content (AvgIpc) is 2.84. The zero-order chi connectivity index (χ0) is 31.7. The van der Waals surface area contributed by atoms with Crippen LogP contribution in [0, 0.1) is 13.8 Å². The van der Waals surface area contributed by atoms with Gasteiger partial charge in [0.25, 0.3) is 0 Å². The van der Waals surface area contributed by atoms with Crippen LogP contribution in [-0.2, 0) is 11.5 Å². The van der Waals surface area contributed by atoms with Crippen molar-refractivity contribution >= 4 is 50.0 Å². The van der Waals surface area contributed by atoms with Gasteiger partial charge in [-0.2, -0.15) is 23.5 Å². The molecule has 1 aliphatic carbocycles. The van der Waals surface area contributed by atoms with Crippen molar-refractivity contribution in [1.29, 1.82) is 0 Å². The highest BCUT2D eigenvalue weighted by molar-refractivity contribution is 8.03. The van der Waals surface area contributed by atoms with Crippen molar-refractivity contribution in [3.8, 4) is 11.5 Å². The van der Waals surface area contributed by atoms with Crippen LogP contribution in [0.4, 0.5) is 0 Å². The van der Waals surface area contributed by atoms with Crippen LogP contribution in [0.3, 0.4) is 0 Å². The Hall–Kier alpha value is -0.826. The van der Waals surface area contributed by atoms with E-state index in [1.165, 1.54) is 60.0 Å². The van der Waals surface area contributed by atoms with Gasteiger partial charge >= 0.3 is 0 Å². The van der Waals surface area contributed by atoms with E-state index in [4.69, 9.17) is 0 Å². The van der Waals surface area contributed by atoms with Gasteiger partial charge in [0.15, 0.2) is 0 Å². The van der Waals surface area contributed by atoms with Crippen molar-refractivity contribution in [3.05, 3.63) is 46.5 Å². The predicted molar refractivity (Wildman–Crippen MR) is 197 cm³/mol. The van der Waals surface area contributed by atoms with Gasteiger partial charge in [-0.1, -0.05) is 129 Å². The lowest BCUT2D eigenvalue weighted by molar-refractivity contribution is 0.473. The van der Waals surface area contributed by atoms with E-state index in [9.17, 15) is 10.2 Å². The second-order valence-corrected chi connectivity index (χ2v) is 29.1. The van der Waals surface area contributed by atoms with Crippen molar-refractivity contribution in [2.75, 3.05) is 0 Å². The maximum Gasteiger partial charge on any atom is 0.118 e. The zero-order valence-corrected chi connectivity index (χ0v) is 32.5. The molecule has 2 aromatic rings. The summed E-state index contributed by atoms with van der Waals surface area (Å²) in [4.78, 5) is 0. The SMILES string of the molecule is Cc1cc(CS[C@H]2CCCCCC[C@@H]2SCc2cc(C)cc([Si](C)(C)C(C)(C)C)c2O)c(O)c([Si](C)(C)C(C)(C)C)c1. The summed E-state index contributed by atoms with van der Waals surface area (Å²) in [7, 11) is -3.72. The summed E-state index contributed by atoms with van der Waals surface area (Å²) in [6, 6.07) is 8.94.